The molecule has 0 saturated carbocycles. The molecule has 6 rings (SSSR count). The van der Waals surface area contributed by atoms with Gasteiger partial charge in [-0.25, -0.2) is 14.2 Å². The second-order valence-electron chi connectivity index (χ2n) is 10.4. The first kappa shape index (κ1) is 26.2. The van der Waals surface area contributed by atoms with Gasteiger partial charge < -0.3 is 4.57 Å². The molecule has 3 heterocycles. The molecule has 1 saturated heterocycles. The molecule has 9 heteroatoms. The van der Waals surface area contributed by atoms with Crippen molar-refractivity contribution in [2.24, 2.45) is 7.05 Å². The van der Waals surface area contributed by atoms with Crippen molar-refractivity contribution in [2.75, 3.05) is 18.0 Å². The van der Waals surface area contributed by atoms with E-state index >= 15 is 0 Å². The molecular weight excluding hydrogens is 529 g/mol. The Morgan fingerprint density at radius 2 is 1.77 bits per heavy atom. The highest BCUT2D eigenvalue weighted by Crippen LogP contribution is 2.28. The lowest BCUT2D eigenvalue weighted by molar-refractivity contribution is -0.120. The molecule has 2 aliphatic heterocycles. The number of hydrogen-bond acceptors (Lipinski definition) is 4. The molecule has 40 heavy (non-hydrogen) atoms. The first-order chi connectivity index (χ1) is 19.4. The fourth-order valence-electron chi connectivity index (χ4n) is 5.53. The number of urea groups is 1. The van der Waals surface area contributed by atoms with Crippen molar-refractivity contribution in [3.8, 4) is 11.4 Å². The van der Waals surface area contributed by atoms with Gasteiger partial charge in [-0.2, -0.15) is 0 Å². The maximum atomic E-state index is 14.3. The summed E-state index contributed by atoms with van der Waals surface area (Å²) in [6.45, 7) is 2.98. The molecule has 0 atom stereocenters. The Kier molecular flexibility index (Phi) is 7.12. The van der Waals surface area contributed by atoms with E-state index in [2.05, 4.69) is 57.7 Å². The quantitative estimate of drug-likeness (QED) is 0.341. The number of carbonyl (C=O) groups is 2. The number of nitrogens with zero attached hydrogens (tertiary/aromatic N) is 4. The summed E-state index contributed by atoms with van der Waals surface area (Å²) in [7, 11) is 1.87. The number of aromatic nitrogens is 2. The lowest BCUT2D eigenvalue weighted by Crippen LogP contribution is -2.50. The third kappa shape index (κ3) is 5.24. The predicted octanol–water partition coefficient (Wildman–Crippen LogP) is 5.48. The SMILES string of the molecule is Cn1c(N2CCC(=O)NC2=O)cnc1-c1ccc(CN2CCc3cc(Cc4c(F)cccc4Cl)ccc3C2)cc1. The molecule has 4 aromatic rings. The van der Waals surface area contributed by atoms with Crippen molar-refractivity contribution >= 4 is 29.4 Å². The zero-order chi connectivity index (χ0) is 27.8. The van der Waals surface area contributed by atoms with E-state index in [4.69, 9.17) is 11.6 Å². The lowest BCUT2D eigenvalue weighted by atomic mass is 9.94. The first-order valence-corrected chi connectivity index (χ1v) is 13.7. The molecule has 3 aromatic carbocycles. The third-order valence-corrected chi connectivity index (χ3v) is 8.07. The number of rotatable bonds is 6. The summed E-state index contributed by atoms with van der Waals surface area (Å²) in [6.07, 6.45) is 3.36. The second kappa shape index (κ2) is 10.9. The molecule has 0 spiro atoms. The molecule has 0 bridgehead atoms. The van der Waals surface area contributed by atoms with Crippen molar-refractivity contribution in [3.05, 3.63) is 106 Å². The Labute approximate surface area is 237 Å². The maximum absolute atomic E-state index is 14.3. The third-order valence-electron chi connectivity index (χ3n) is 7.72. The Morgan fingerprint density at radius 3 is 2.55 bits per heavy atom. The van der Waals surface area contributed by atoms with Gasteiger partial charge in [0.2, 0.25) is 5.91 Å². The van der Waals surface area contributed by atoms with Crippen LogP contribution in [0.15, 0.2) is 66.9 Å². The van der Waals surface area contributed by atoms with Gasteiger partial charge in [0.15, 0.2) is 0 Å². The molecule has 0 radical (unpaired) electrons. The van der Waals surface area contributed by atoms with Gasteiger partial charge in [-0.15, -0.1) is 0 Å². The average molecular weight is 558 g/mol. The Bertz CT molecular complexity index is 1580. The minimum Gasteiger partial charge on any atom is -0.314 e. The number of amides is 3. The van der Waals surface area contributed by atoms with Gasteiger partial charge in [0.1, 0.15) is 17.5 Å². The number of fused-ring (bicyclic) bond motifs is 1. The minimum absolute atomic E-state index is 0.258. The number of carbonyl (C=O) groups excluding carboxylic acids is 2. The van der Waals surface area contributed by atoms with Gasteiger partial charge >= 0.3 is 6.03 Å². The van der Waals surface area contributed by atoms with Gasteiger partial charge in [-0.1, -0.05) is 60.1 Å². The fourth-order valence-corrected chi connectivity index (χ4v) is 5.76. The largest absolute Gasteiger partial charge is 0.329 e. The molecule has 1 N–H and O–H groups in total. The van der Waals surface area contributed by atoms with Crippen LogP contribution in [-0.4, -0.2) is 39.5 Å². The Balaban J connectivity index is 1.10. The number of hydrogen-bond donors (Lipinski definition) is 1. The lowest BCUT2D eigenvalue weighted by Gasteiger charge is -2.29. The van der Waals surface area contributed by atoms with Crippen LogP contribution < -0.4 is 10.2 Å². The van der Waals surface area contributed by atoms with Crippen molar-refractivity contribution in [1.29, 1.82) is 0 Å². The van der Waals surface area contributed by atoms with Gasteiger partial charge in [-0.3, -0.25) is 19.9 Å². The van der Waals surface area contributed by atoms with Crippen molar-refractivity contribution < 1.29 is 14.0 Å². The molecular formula is C31H29ClFN5O2. The van der Waals surface area contributed by atoms with Crippen LogP contribution in [0.25, 0.3) is 11.4 Å². The Hall–Kier alpha value is -4.01. The van der Waals surface area contributed by atoms with E-state index in [1.807, 2.05) is 11.6 Å². The van der Waals surface area contributed by atoms with Crippen LogP contribution >= 0.6 is 11.6 Å². The first-order valence-electron chi connectivity index (χ1n) is 13.3. The molecule has 3 amide bonds. The van der Waals surface area contributed by atoms with Crippen LogP contribution in [0, 0.1) is 5.82 Å². The van der Waals surface area contributed by atoms with E-state index in [0.717, 1.165) is 43.0 Å². The van der Waals surface area contributed by atoms with Gasteiger partial charge in [0, 0.05) is 62.2 Å². The van der Waals surface area contributed by atoms with Crippen LogP contribution in [0.5, 0.6) is 0 Å². The van der Waals surface area contributed by atoms with E-state index < -0.39 is 6.03 Å². The molecule has 7 nitrogen and oxygen atoms in total. The summed E-state index contributed by atoms with van der Waals surface area (Å²) in [5, 5.41) is 2.82. The number of nitrogens with one attached hydrogen (secondary N) is 1. The van der Waals surface area contributed by atoms with Crippen LogP contribution in [-0.2, 0) is 37.8 Å². The highest BCUT2D eigenvalue weighted by atomic mass is 35.5. The topological polar surface area (TPSA) is 70.5 Å². The standard InChI is InChI=1S/C31H29ClFN5O2/c1-36-29(38-14-12-28(39)35-31(38)40)17-34-30(36)22-8-5-20(6-9-22)18-37-13-11-23-15-21(7-10-24(23)19-37)16-25-26(32)3-2-4-27(25)33/h2-10,15,17H,11-14,16,18-19H2,1H3,(H,35,39,40). The smallest absolute Gasteiger partial charge is 0.314 e. The highest BCUT2D eigenvalue weighted by molar-refractivity contribution is 6.31. The summed E-state index contributed by atoms with van der Waals surface area (Å²) < 4.78 is 16.1. The minimum atomic E-state index is -0.421. The molecule has 0 unspecified atom stereocenters. The monoisotopic (exact) mass is 557 g/mol. The summed E-state index contributed by atoms with van der Waals surface area (Å²) in [5.74, 6) is 0.881. The van der Waals surface area contributed by atoms with Crippen molar-refractivity contribution in [2.45, 2.75) is 32.4 Å². The molecule has 204 valence electrons. The van der Waals surface area contributed by atoms with Crippen molar-refractivity contribution in [1.82, 2.24) is 19.8 Å². The predicted molar refractivity (Wildman–Crippen MR) is 153 cm³/mol. The summed E-state index contributed by atoms with van der Waals surface area (Å²) in [5.41, 5.74) is 6.39. The average Bonchev–Trinajstić information content (AvgIpc) is 3.32. The van der Waals surface area contributed by atoms with E-state index in [0.29, 0.717) is 29.4 Å². The number of benzene rings is 3. The van der Waals surface area contributed by atoms with Crippen LogP contribution in [0.1, 0.15) is 34.2 Å². The van der Waals surface area contributed by atoms with E-state index in [1.54, 1.807) is 23.2 Å². The number of imide groups is 1. The fraction of sp³-hybridized carbons (Fsp3) is 0.258. The number of anilines is 1. The number of imidazole rings is 1. The molecule has 1 aromatic heterocycles. The molecule has 0 aliphatic carbocycles. The van der Waals surface area contributed by atoms with Gasteiger partial charge in [-0.05, 0) is 40.8 Å². The highest BCUT2D eigenvalue weighted by Gasteiger charge is 2.27. The van der Waals surface area contributed by atoms with E-state index in [-0.39, 0.29) is 18.1 Å². The second-order valence-corrected chi connectivity index (χ2v) is 10.8. The van der Waals surface area contributed by atoms with Crippen LogP contribution in [0.3, 0.4) is 0 Å². The molecule has 2 aliphatic rings. The van der Waals surface area contributed by atoms with E-state index in [1.165, 1.54) is 22.8 Å². The maximum Gasteiger partial charge on any atom is 0.329 e. The van der Waals surface area contributed by atoms with Crippen LogP contribution in [0.2, 0.25) is 5.02 Å². The summed E-state index contributed by atoms with van der Waals surface area (Å²) >= 11 is 6.24. The summed E-state index contributed by atoms with van der Waals surface area (Å²) in [4.78, 5) is 32.3. The molecule has 1 fully saturated rings. The van der Waals surface area contributed by atoms with Gasteiger partial charge in [0.05, 0.1) is 6.20 Å². The van der Waals surface area contributed by atoms with Crippen molar-refractivity contribution in [3.63, 3.8) is 0 Å². The van der Waals surface area contributed by atoms with Gasteiger partial charge in [0.25, 0.3) is 0 Å². The number of halogens is 2. The Morgan fingerprint density at radius 1 is 0.975 bits per heavy atom. The van der Waals surface area contributed by atoms with Crippen LogP contribution in [0.4, 0.5) is 15.0 Å². The van der Waals surface area contributed by atoms with E-state index in [9.17, 15) is 14.0 Å². The zero-order valence-corrected chi connectivity index (χ0v) is 22.9. The normalized spacial score (nSPS) is 15.7. The summed E-state index contributed by atoms with van der Waals surface area (Å²) in [6, 6.07) is 19.2. The zero-order valence-electron chi connectivity index (χ0n) is 22.2.